The molecule has 0 saturated heterocycles. The molecule has 2 rings (SSSR count). The van der Waals surface area contributed by atoms with E-state index in [2.05, 4.69) is 26.6 Å². The van der Waals surface area contributed by atoms with Gasteiger partial charge in [-0.3, -0.25) is 15.0 Å². The number of benzene rings is 2. The zero-order valence-electron chi connectivity index (χ0n) is 14.7. The predicted octanol–water partition coefficient (Wildman–Crippen LogP) is 2.96. The van der Waals surface area contributed by atoms with Crippen molar-refractivity contribution in [2.75, 3.05) is 27.2 Å². The number of carbonyl (C=O) groups is 2. The highest BCUT2D eigenvalue weighted by molar-refractivity contribution is 9.10. The number of likely N-dealkylation sites (N-methyl/N-ethyl adjacent to an activating group) is 1. The zero-order valence-corrected chi connectivity index (χ0v) is 16.3. The summed E-state index contributed by atoms with van der Waals surface area (Å²) in [6.45, 7) is 0.922. The number of rotatable bonds is 7. The smallest absolute Gasteiger partial charge is 0.321 e. The molecule has 2 aromatic rings. The van der Waals surface area contributed by atoms with E-state index in [0.29, 0.717) is 13.2 Å². The summed E-state index contributed by atoms with van der Waals surface area (Å²) in [5.74, 6) is 0.370. The lowest BCUT2D eigenvalue weighted by atomic mass is 10.0. The lowest BCUT2D eigenvalue weighted by Gasteiger charge is -2.27. The Balaban J connectivity index is 2.02. The van der Waals surface area contributed by atoms with Crippen LogP contribution in [0, 0.1) is 0 Å². The van der Waals surface area contributed by atoms with Gasteiger partial charge in [0.2, 0.25) is 5.91 Å². The Bertz CT molecular complexity index is 723. The SMILES string of the molecule is CNC(=O)NC(=O)[C@H](c1ccccc1)N(C)CCOc1ccc(Br)cc1. The Morgan fingerprint density at radius 2 is 1.77 bits per heavy atom. The lowest BCUT2D eigenvalue weighted by Crippen LogP contribution is -2.45. The summed E-state index contributed by atoms with van der Waals surface area (Å²) in [5, 5.41) is 4.74. The van der Waals surface area contributed by atoms with Gasteiger partial charge in [0, 0.05) is 18.1 Å². The molecule has 0 aliphatic heterocycles. The maximum Gasteiger partial charge on any atom is 0.321 e. The van der Waals surface area contributed by atoms with Crippen LogP contribution in [0.2, 0.25) is 0 Å². The highest BCUT2D eigenvalue weighted by atomic mass is 79.9. The van der Waals surface area contributed by atoms with E-state index in [1.165, 1.54) is 7.05 Å². The van der Waals surface area contributed by atoms with E-state index < -0.39 is 12.1 Å². The summed E-state index contributed by atoms with van der Waals surface area (Å²) in [6.07, 6.45) is 0. The molecule has 0 aliphatic carbocycles. The van der Waals surface area contributed by atoms with Crippen LogP contribution in [0.5, 0.6) is 5.75 Å². The van der Waals surface area contributed by atoms with Gasteiger partial charge in [-0.15, -0.1) is 0 Å². The van der Waals surface area contributed by atoms with Gasteiger partial charge in [-0.1, -0.05) is 46.3 Å². The molecule has 0 aromatic heterocycles. The van der Waals surface area contributed by atoms with Crippen LogP contribution in [-0.2, 0) is 4.79 Å². The second kappa shape index (κ2) is 9.94. The second-order valence-corrected chi connectivity index (χ2v) is 6.58. The number of nitrogens with one attached hydrogen (secondary N) is 2. The third-order valence-electron chi connectivity index (χ3n) is 3.79. The monoisotopic (exact) mass is 419 g/mol. The molecule has 0 heterocycles. The molecular formula is C19H22BrN3O3. The molecule has 0 unspecified atom stereocenters. The van der Waals surface area contributed by atoms with Crippen LogP contribution in [0.3, 0.4) is 0 Å². The molecule has 26 heavy (non-hydrogen) atoms. The van der Waals surface area contributed by atoms with Crippen LogP contribution < -0.4 is 15.4 Å². The van der Waals surface area contributed by atoms with E-state index in [-0.39, 0.29) is 5.91 Å². The summed E-state index contributed by atoms with van der Waals surface area (Å²) in [4.78, 5) is 25.9. The fourth-order valence-electron chi connectivity index (χ4n) is 2.45. The third kappa shape index (κ3) is 5.86. The zero-order chi connectivity index (χ0) is 18.9. The van der Waals surface area contributed by atoms with Crippen molar-refractivity contribution >= 4 is 27.9 Å². The van der Waals surface area contributed by atoms with Crippen molar-refractivity contribution in [2.45, 2.75) is 6.04 Å². The molecular weight excluding hydrogens is 398 g/mol. The van der Waals surface area contributed by atoms with Crippen LogP contribution in [0.25, 0.3) is 0 Å². The minimum Gasteiger partial charge on any atom is -0.492 e. The summed E-state index contributed by atoms with van der Waals surface area (Å²) in [6, 6.07) is 15.8. The van der Waals surface area contributed by atoms with Crippen LogP contribution in [0.15, 0.2) is 59.1 Å². The average molecular weight is 420 g/mol. The van der Waals surface area contributed by atoms with Gasteiger partial charge in [0.15, 0.2) is 0 Å². The maximum absolute atomic E-state index is 12.6. The third-order valence-corrected chi connectivity index (χ3v) is 4.32. The lowest BCUT2D eigenvalue weighted by molar-refractivity contribution is -0.125. The molecule has 138 valence electrons. The molecule has 2 aromatic carbocycles. The molecule has 0 aliphatic rings. The first kappa shape index (κ1) is 19.9. The second-order valence-electron chi connectivity index (χ2n) is 5.66. The van der Waals surface area contributed by atoms with Gasteiger partial charge in [-0.05, 0) is 36.9 Å². The number of amides is 3. The van der Waals surface area contributed by atoms with Crippen LogP contribution >= 0.6 is 15.9 Å². The number of carbonyl (C=O) groups excluding carboxylic acids is 2. The first-order valence-corrected chi connectivity index (χ1v) is 8.96. The molecule has 0 spiro atoms. The van der Waals surface area contributed by atoms with E-state index in [1.807, 2.05) is 66.5 Å². The number of hydrogen-bond acceptors (Lipinski definition) is 4. The number of imide groups is 1. The first-order chi connectivity index (χ1) is 12.5. The number of urea groups is 1. The minimum absolute atomic E-state index is 0.387. The van der Waals surface area contributed by atoms with Gasteiger partial charge in [-0.2, -0.15) is 0 Å². The number of nitrogens with zero attached hydrogens (tertiary/aromatic N) is 1. The van der Waals surface area contributed by atoms with Crippen LogP contribution in [0.4, 0.5) is 4.79 Å². The summed E-state index contributed by atoms with van der Waals surface area (Å²) >= 11 is 3.38. The van der Waals surface area contributed by atoms with Crippen molar-refractivity contribution in [3.63, 3.8) is 0 Å². The highest BCUT2D eigenvalue weighted by Gasteiger charge is 2.26. The Hall–Kier alpha value is -2.38. The normalized spacial score (nSPS) is 11.7. The van der Waals surface area contributed by atoms with Crippen molar-refractivity contribution in [3.05, 3.63) is 64.6 Å². The fourth-order valence-corrected chi connectivity index (χ4v) is 2.72. The maximum atomic E-state index is 12.6. The Kier molecular flexibility index (Phi) is 7.62. The van der Waals surface area contributed by atoms with Gasteiger partial charge in [-0.25, -0.2) is 4.79 Å². The van der Waals surface area contributed by atoms with Crippen molar-refractivity contribution in [3.8, 4) is 5.75 Å². The van der Waals surface area contributed by atoms with E-state index >= 15 is 0 Å². The molecule has 0 radical (unpaired) electrons. The topological polar surface area (TPSA) is 70.7 Å². The van der Waals surface area contributed by atoms with Gasteiger partial charge in [0.05, 0.1) is 0 Å². The van der Waals surface area contributed by atoms with Gasteiger partial charge >= 0.3 is 6.03 Å². The first-order valence-electron chi connectivity index (χ1n) is 8.17. The average Bonchev–Trinajstić information content (AvgIpc) is 2.64. The van der Waals surface area contributed by atoms with Gasteiger partial charge < -0.3 is 10.1 Å². The van der Waals surface area contributed by atoms with Crippen LogP contribution in [-0.4, -0.2) is 44.1 Å². The van der Waals surface area contributed by atoms with E-state index in [1.54, 1.807) is 0 Å². The molecule has 0 saturated carbocycles. The number of ether oxygens (including phenoxy) is 1. The quantitative estimate of drug-likeness (QED) is 0.723. The van der Waals surface area contributed by atoms with E-state index in [4.69, 9.17) is 4.74 Å². The van der Waals surface area contributed by atoms with Crippen LogP contribution in [0.1, 0.15) is 11.6 Å². The molecule has 2 N–H and O–H groups in total. The molecule has 7 heteroatoms. The van der Waals surface area contributed by atoms with Crippen molar-refractivity contribution in [2.24, 2.45) is 0 Å². The molecule has 1 atom stereocenters. The predicted molar refractivity (Wildman–Crippen MR) is 104 cm³/mol. The molecule has 0 fully saturated rings. The molecule has 3 amide bonds. The standard InChI is InChI=1S/C19H22BrN3O3/c1-21-19(25)22-18(24)17(14-6-4-3-5-7-14)23(2)12-13-26-16-10-8-15(20)9-11-16/h3-11,17H,12-13H2,1-2H3,(H2,21,22,24,25)/t17-/m0/s1. The minimum atomic E-state index is -0.595. The number of hydrogen-bond donors (Lipinski definition) is 2. The Morgan fingerprint density at radius 1 is 1.12 bits per heavy atom. The highest BCUT2D eigenvalue weighted by Crippen LogP contribution is 2.20. The summed E-state index contributed by atoms with van der Waals surface area (Å²) in [7, 11) is 3.29. The Labute approximate surface area is 161 Å². The van der Waals surface area contributed by atoms with Crippen molar-refractivity contribution in [1.29, 1.82) is 0 Å². The van der Waals surface area contributed by atoms with E-state index in [9.17, 15) is 9.59 Å². The van der Waals surface area contributed by atoms with Crippen molar-refractivity contribution in [1.82, 2.24) is 15.5 Å². The largest absolute Gasteiger partial charge is 0.492 e. The fraction of sp³-hybridized carbons (Fsp3) is 0.263. The van der Waals surface area contributed by atoms with Crippen molar-refractivity contribution < 1.29 is 14.3 Å². The Morgan fingerprint density at radius 3 is 2.38 bits per heavy atom. The summed E-state index contributed by atoms with van der Waals surface area (Å²) < 4.78 is 6.71. The number of halogens is 1. The summed E-state index contributed by atoms with van der Waals surface area (Å²) in [5.41, 5.74) is 0.806. The van der Waals surface area contributed by atoms with Gasteiger partial charge in [0.25, 0.3) is 0 Å². The van der Waals surface area contributed by atoms with E-state index in [0.717, 1.165) is 15.8 Å². The van der Waals surface area contributed by atoms with Gasteiger partial charge in [0.1, 0.15) is 18.4 Å². The molecule has 6 nitrogen and oxygen atoms in total. The molecule has 0 bridgehead atoms.